The highest BCUT2D eigenvalue weighted by Crippen LogP contribution is 2.29. The standard InChI is InChI=1S/C13H12BrClN2O/c1-8(16)12-3-2-10(5-13(12)14)18-11-4-9(15)6-17-7-11/h2-8H,16H2,1H3. The van der Waals surface area contributed by atoms with Crippen molar-refractivity contribution in [2.24, 2.45) is 5.73 Å². The zero-order chi connectivity index (χ0) is 13.1. The van der Waals surface area contributed by atoms with Crippen molar-refractivity contribution < 1.29 is 4.74 Å². The molecule has 94 valence electrons. The fraction of sp³-hybridized carbons (Fsp3) is 0.154. The molecule has 0 amide bonds. The van der Waals surface area contributed by atoms with Crippen LogP contribution in [0.1, 0.15) is 18.5 Å². The predicted molar refractivity (Wildman–Crippen MR) is 76.1 cm³/mol. The molecule has 1 aromatic heterocycles. The van der Waals surface area contributed by atoms with E-state index >= 15 is 0 Å². The van der Waals surface area contributed by atoms with Crippen LogP contribution in [0.3, 0.4) is 0 Å². The predicted octanol–water partition coefficient (Wildman–Crippen LogP) is 4.31. The van der Waals surface area contributed by atoms with Crippen molar-refractivity contribution in [2.45, 2.75) is 13.0 Å². The maximum atomic E-state index is 5.84. The summed E-state index contributed by atoms with van der Waals surface area (Å²) in [6.45, 7) is 1.93. The van der Waals surface area contributed by atoms with Crippen LogP contribution in [-0.4, -0.2) is 4.98 Å². The van der Waals surface area contributed by atoms with Crippen molar-refractivity contribution in [2.75, 3.05) is 0 Å². The number of aromatic nitrogens is 1. The molecular weight excluding hydrogens is 316 g/mol. The lowest BCUT2D eigenvalue weighted by Gasteiger charge is -2.11. The number of hydrogen-bond donors (Lipinski definition) is 1. The molecule has 2 N–H and O–H groups in total. The van der Waals surface area contributed by atoms with Gasteiger partial charge in [-0.2, -0.15) is 0 Å². The third kappa shape index (κ3) is 3.22. The van der Waals surface area contributed by atoms with Crippen LogP contribution in [0.15, 0.2) is 41.1 Å². The van der Waals surface area contributed by atoms with Gasteiger partial charge in [-0.25, -0.2) is 0 Å². The van der Waals surface area contributed by atoms with E-state index in [1.165, 1.54) is 0 Å². The molecule has 0 radical (unpaired) electrons. The van der Waals surface area contributed by atoms with E-state index in [1.807, 2.05) is 25.1 Å². The minimum Gasteiger partial charge on any atom is -0.456 e. The Balaban J connectivity index is 2.23. The lowest BCUT2D eigenvalue weighted by atomic mass is 10.1. The minimum absolute atomic E-state index is 0.0266. The Morgan fingerprint density at radius 2 is 2.06 bits per heavy atom. The van der Waals surface area contributed by atoms with Gasteiger partial charge < -0.3 is 10.5 Å². The monoisotopic (exact) mass is 326 g/mol. The Morgan fingerprint density at radius 1 is 1.28 bits per heavy atom. The highest BCUT2D eigenvalue weighted by Gasteiger charge is 2.07. The normalized spacial score (nSPS) is 12.2. The van der Waals surface area contributed by atoms with E-state index in [4.69, 9.17) is 22.1 Å². The van der Waals surface area contributed by atoms with E-state index in [0.717, 1.165) is 10.0 Å². The second-order valence-electron chi connectivity index (χ2n) is 3.91. The summed E-state index contributed by atoms with van der Waals surface area (Å²) in [4.78, 5) is 3.96. The first kappa shape index (κ1) is 13.3. The molecule has 2 aromatic rings. The third-order valence-corrected chi connectivity index (χ3v) is 3.27. The molecule has 18 heavy (non-hydrogen) atoms. The van der Waals surface area contributed by atoms with Gasteiger partial charge >= 0.3 is 0 Å². The van der Waals surface area contributed by atoms with Crippen molar-refractivity contribution >= 4 is 27.5 Å². The van der Waals surface area contributed by atoms with Crippen LogP contribution < -0.4 is 10.5 Å². The smallest absolute Gasteiger partial charge is 0.147 e. The number of benzene rings is 1. The molecule has 1 atom stereocenters. The minimum atomic E-state index is -0.0266. The maximum absolute atomic E-state index is 5.84. The third-order valence-electron chi connectivity index (χ3n) is 2.38. The molecule has 0 fully saturated rings. The molecule has 3 nitrogen and oxygen atoms in total. The summed E-state index contributed by atoms with van der Waals surface area (Å²) in [6, 6.07) is 7.36. The largest absolute Gasteiger partial charge is 0.456 e. The number of nitrogens with two attached hydrogens (primary N) is 1. The van der Waals surface area contributed by atoms with Crippen LogP contribution in [0, 0.1) is 0 Å². The Bertz CT molecular complexity index is 560. The average Bonchev–Trinajstić information content (AvgIpc) is 2.28. The van der Waals surface area contributed by atoms with Crippen molar-refractivity contribution in [1.82, 2.24) is 4.98 Å². The van der Waals surface area contributed by atoms with E-state index < -0.39 is 0 Å². The fourth-order valence-corrected chi connectivity index (χ4v) is 2.41. The van der Waals surface area contributed by atoms with E-state index in [1.54, 1.807) is 18.5 Å². The van der Waals surface area contributed by atoms with Crippen LogP contribution in [0.2, 0.25) is 5.02 Å². The van der Waals surface area contributed by atoms with E-state index in [-0.39, 0.29) is 6.04 Å². The lowest BCUT2D eigenvalue weighted by molar-refractivity contribution is 0.479. The van der Waals surface area contributed by atoms with Crippen LogP contribution in [0.25, 0.3) is 0 Å². The van der Waals surface area contributed by atoms with E-state index in [9.17, 15) is 0 Å². The molecule has 0 aliphatic rings. The molecule has 0 spiro atoms. The van der Waals surface area contributed by atoms with Crippen molar-refractivity contribution in [3.05, 3.63) is 51.7 Å². The summed E-state index contributed by atoms with van der Waals surface area (Å²) < 4.78 is 6.58. The van der Waals surface area contributed by atoms with Gasteiger partial charge in [0, 0.05) is 22.8 Å². The summed E-state index contributed by atoms with van der Waals surface area (Å²) in [5.74, 6) is 1.30. The van der Waals surface area contributed by atoms with Crippen molar-refractivity contribution in [3.8, 4) is 11.5 Å². The lowest BCUT2D eigenvalue weighted by Crippen LogP contribution is -2.05. The van der Waals surface area contributed by atoms with Gasteiger partial charge in [-0.1, -0.05) is 33.6 Å². The average molecular weight is 328 g/mol. The first-order valence-electron chi connectivity index (χ1n) is 5.39. The van der Waals surface area contributed by atoms with Gasteiger partial charge in [-0.15, -0.1) is 0 Å². The zero-order valence-electron chi connectivity index (χ0n) is 9.73. The van der Waals surface area contributed by atoms with E-state index in [0.29, 0.717) is 16.5 Å². The molecule has 1 unspecified atom stereocenters. The van der Waals surface area contributed by atoms with Gasteiger partial charge in [0.05, 0.1) is 11.2 Å². The number of hydrogen-bond acceptors (Lipinski definition) is 3. The van der Waals surface area contributed by atoms with Gasteiger partial charge in [-0.05, 0) is 24.6 Å². The maximum Gasteiger partial charge on any atom is 0.147 e. The van der Waals surface area contributed by atoms with Gasteiger partial charge in [0.25, 0.3) is 0 Å². The molecule has 0 saturated carbocycles. The summed E-state index contributed by atoms with van der Waals surface area (Å²) in [5, 5.41) is 0.541. The Hall–Kier alpha value is -1.10. The van der Waals surface area contributed by atoms with Crippen molar-refractivity contribution in [1.29, 1.82) is 0 Å². The Kier molecular flexibility index (Phi) is 4.22. The van der Waals surface area contributed by atoms with E-state index in [2.05, 4.69) is 20.9 Å². The molecule has 0 aliphatic heterocycles. The Labute approximate surface area is 119 Å². The number of pyridine rings is 1. The van der Waals surface area contributed by atoms with Crippen LogP contribution in [-0.2, 0) is 0 Å². The van der Waals surface area contributed by atoms with Crippen LogP contribution >= 0.6 is 27.5 Å². The van der Waals surface area contributed by atoms with Gasteiger partial charge in [0.1, 0.15) is 11.5 Å². The van der Waals surface area contributed by atoms with Crippen LogP contribution in [0.4, 0.5) is 0 Å². The molecule has 0 bridgehead atoms. The highest BCUT2D eigenvalue weighted by atomic mass is 79.9. The number of ether oxygens (including phenoxy) is 1. The van der Waals surface area contributed by atoms with Gasteiger partial charge in [0.15, 0.2) is 0 Å². The fourth-order valence-electron chi connectivity index (χ4n) is 1.52. The zero-order valence-corrected chi connectivity index (χ0v) is 12.1. The summed E-state index contributed by atoms with van der Waals surface area (Å²) >= 11 is 9.31. The molecule has 1 aromatic carbocycles. The first-order chi connectivity index (χ1) is 8.56. The number of nitrogens with zero attached hydrogens (tertiary/aromatic N) is 1. The summed E-state index contributed by atoms with van der Waals surface area (Å²) in [6.07, 6.45) is 3.17. The summed E-state index contributed by atoms with van der Waals surface area (Å²) in [5.41, 5.74) is 6.87. The molecule has 0 saturated heterocycles. The molecule has 1 heterocycles. The van der Waals surface area contributed by atoms with Crippen LogP contribution in [0.5, 0.6) is 11.5 Å². The quantitative estimate of drug-likeness (QED) is 0.914. The van der Waals surface area contributed by atoms with Gasteiger partial charge in [-0.3, -0.25) is 4.98 Å². The second-order valence-corrected chi connectivity index (χ2v) is 5.20. The molecule has 2 rings (SSSR count). The highest BCUT2D eigenvalue weighted by molar-refractivity contribution is 9.10. The molecular formula is C13H12BrClN2O. The number of rotatable bonds is 3. The first-order valence-corrected chi connectivity index (χ1v) is 6.57. The van der Waals surface area contributed by atoms with Crippen molar-refractivity contribution in [3.63, 3.8) is 0 Å². The topological polar surface area (TPSA) is 48.1 Å². The number of halogens is 2. The second kappa shape index (κ2) is 5.69. The molecule has 5 heteroatoms. The Morgan fingerprint density at radius 3 is 2.67 bits per heavy atom. The van der Waals surface area contributed by atoms with Gasteiger partial charge in [0.2, 0.25) is 0 Å². The molecule has 0 aliphatic carbocycles. The SMILES string of the molecule is CC(N)c1ccc(Oc2cncc(Cl)c2)cc1Br. The summed E-state index contributed by atoms with van der Waals surface area (Å²) in [7, 11) is 0.